The largest absolute Gasteiger partial charge is 0.308 e. The van der Waals surface area contributed by atoms with E-state index in [2.05, 4.69) is 29.4 Å². The predicted molar refractivity (Wildman–Crippen MR) is 72.0 cm³/mol. The predicted octanol–water partition coefficient (Wildman–Crippen LogP) is 3.15. The maximum absolute atomic E-state index is 13.8. The summed E-state index contributed by atoms with van der Waals surface area (Å²) in [5.41, 5.74) is 1.43. The molecule has 0 aliphatic heterocycles. The fourth-order valence-electron chi connectivity index (χ4n) is 1.52. The van der Waals surface area contributed by atoms with Gasteiger partial charge in [-0.3, -0.25) is 0 Å². The van der Waals surface area contributed by atoms with E-state index in [9.17, 15) is 4.39 Å². The Kier molecular flexibility index (Phi) is 4.04. The Morgan fingerprint density at radius 2 is 2.11 bits per heavy atom. The van der Waals surface area contributed by atoms with Gasteiger partial charge in [-0.1, -0.05) is 31.3 Å². The van der Waals surface area contributed by atoms with Crippen molar-refractivity contribution in [1.82, 2.24) is 15.5 Å². The summed E-state index contributed by atoms with van der Waals surface area (Å²) >= 11 is 1.42. The van der Waals surface area contributed by atoms with E-state index >= 15 is 0 Å². The molecule has 0 fully saturated rings. The van der Waals surface area contributed by atoms with Crippen LogP contribution in [0.5, 0.6) is 0 Å². The molecule has 96 valence electrons. The lowest BCUT2D eigenvalue weighted by molar-refractivity contribution is 0.585. The summed E-state index contributed by atoms with van der Waals surface area (Å²) in [6.45, 7) is 6.68. The van der Waals surface area contributed by atoms with Crippen molar-refractivity contribution in [3.05, 3.63) is 34.6 Å². The zero-order valence-electron chi connectivity index (χ0n) is 10.7. The average molecular weight is 265 g/mol. The summed E-state index contributed by atoms with van der Waals surface area (Å²) in [6.07, 6.45) is 0. The third-order valence-electron chi connectivity index (χ3n) is 2.48. The molecule has 1 N–H and O–H groups in total. The van der Waals surface area contributed by atoms with Gasteiger partial charge in [-0.05, 0) is 24.6 Å². The van der Waals surface area contributed by atoms with Crippen LogP contribution in [-0.4, -0.2) is 16.2 Å². The normalized spacial score (nSPS) is 11.2. The molecule has 5 heteroatoms. The lowest BCUT2D eigenvalue weighted by atomic mass is 10.1. The number of hydrogen-bond acceptors (Lipinski definition) is 4. The summed E-state index contributed by atoms with van der Waals surface area (Å²) < 4.78 is 13.8. The number of nitrogens with one attached hydrogen (secondary N) is 1. The Morgan fingerprint density at radius 1 is 1.33 bits per heavy atom. The fraction of sp³-hybridized carbons (Fsp3) is 0.385. The van der Waals surface area contributed by atoms with Crippen molar-refractivity contribution in [2.24, 2.45) is 0 Å². The first-order valence-corrected chi connectivity index (χ1v) is 6.70. The summed E-state index contributed by atoms with van der Waals surface area (Å²) in [5.74, 6) is -0.241. The minimum Gasteiger partial charge on any atom is -0.308 e. The molecule has 0 atom stereocenters. The molecule has 0 spiro atoms. The number of aromatic nitrogens is 2. The zero-order chi connectivity index (χ0) is 13.1. The molecule has 1 aromatic carbocycles. The first-order valence-electron chi connectivity index (χ1n) is 5.88. The topological polar surface area (TPSA) is 37.8 Å². The van der Waals surface area contributed by atoms with Gasteiger partial charge in [0.2, 0.25) is 0 Å². The Balaban J connectivity index is 2.18. The second kappa shape index (κ2) is 5.54. The molecule has 1 heterocycles. The van der Waals surface area contributed by atoms with Gasteiger partial charge in [0.15, 0.2) is 5.01 Å². The van der Waals surface area contributed by atoms with Crippen LogP contribution in [0.1, 0.15) is 24.4 Å². The van der Waals surface area contributed by atoms with Gasteiger partial charge in [-0.2, -0.15) is 0 Å². The summed E-state index contributed by atoms with van der Waals surface area (Å²) in [7, 11) is 0. The maximum Gasteiger partial charge on any atom is 0.150 e. The van der Waals surface area contributed by atoms with Crippen LogP contribution < -0.4 is 5.32 Å². The highest BCUT2D eigenvalue weighted by molar-refractivity contribution is 7.14. The molecule has 0 unspecified atom stereocenters. The van der Waals surface area contributed by atoms with E-state index in [0.29, 0.717) is 23.2 Å². The molecule has 0 bridgehead atoms. The first kappa shape index (κ1) is 13.1. The van der Waals surface area contributed by atoms with Crippen LogP contribution in [0.25, 0.3) is 10.6 Å². The standard InChI is InChI=1S/C13H16FN3S/c1-8(2)15-7-12-16-17-13(18-12)10-5-4-9(3)6-11(10)14/h4-6,8,15H,7H2,1-3H3. The quantitative estimate of drug-likeness (QED) is 0.922. The van der Waals surface area contributed by atoms with Crippen LogP contribution >= 0.6 is 11.3 Å². The molecule has 0 radical (unpaired) electrons. The minimum absolute atomic E-state index is 0.241. The van der Waals surface area contributed by atoms with Gasteiger partial charge in [0.25, 0.3) is 0 Å². The Hall–Kier alpha value is -1.33. The minimum atomic E-state index is -0.241. The lowest BCUT2D eigenvalue weighted by Crippen LogP contribution is -2.21. The number of nitrogens with zero attached hydrogens (tertiary/aromatic N) is 2. The Bertz CT molecular complexity index is 537. The number of halogens is 1. The van der Waals surface area contributed by atoms with Crippen molar-refractivity contribution < 1.29 is 4.39 Å². The number of aryl methyl sites for hydroxylation is 1. The van der Waals surface area contributed by atoms with Crippen molar-refractivity contribution >= 4 is 11.3 Å². The van der Waals surface area contributed by atoms with E-state index < -0.39 is 0 Å². The van der Waals surface area contributed by atoms with E-state index in [-0.39, 0.29) is 5.82 Å². The molecule has 1 aromatic heterocycles. The van der Waals surface area contributed by atoms with Gasteiger partial charge >= 0.3 is 0 Å². The Morgan fingerprint density at radius 3 is 2.78 bits per heavy atom. The van der Waals surface area contributed by atoms with Gasteiger partial charge in [-0.15, -0.1) is 10.2 Å². The number of rotatable bonds is 4. The highest BCUT2D eigenvalue weighted by Gasteiger charge is 2.11. The van der Waals surface area contributed by atoms with Crippen molar-refractivity contribution in [2.45, 2.75) is 33.4 Å². The summed E-state index contributed by atoms with van der Waals surface area (Å²) in [5, 5.41) is 12.9. The van der Waals surface area contributed by atoms with Crippen LogP contribution in [0.4, 0.5) is 4.39 Å². The fourth-order valence-corrected chi connectivity index (χ4v) is 2.34. The van der Waals surface area contributed by atoms with E-state index in [1.54, 1.807) is 6.07 Å². The van der Waals surface area contributed by atoms with E-state index in [1.165, 1.54) is 17.4 Å². The van der Waals surface area contributed by atoms with Crippen LogP contribution in [0.15, 0.2) is 18.2 Å². The lowest BCUT2D eigenvalue weighted by Gasteiger charge is -2.03. The molecule has 18 heavy (non-hydrogen) atoms. The molecule has 0 aliphatic carbocycles. The van der Waals surface area contributed by atoms with E-state index in [0.717, 1.165) is 10.6 Å². The van der Waals surface area contributed by atoms with Gasteiger partial charge in [0.05, 0.1) is 0 Å². The second-order valence-electron chi connectivity index (χ2n) is 4.52. The summed E-state index contributed by atoms with van der Waals surface area (Å²) in [6, 6.07) is 5.55. The molecule has 2 rings (SSSR count). The van der Waals surface area contributed by atoms with Crippen molar-refractivity contribution in [3.63, 3.8) is 0 Å². The van der Waals surface area contributed by atoms with Crippen LogP contribution in [0, 0.1) is 12.7 Å². The molecule has 0 aliphatic rings. The summed E-state index contributed by atoms with van der Waals surface area (Å²) in [4.78, 5) is 0. The SMILES string of the molecule is Cc1ccc(-c2nnc(CNC(C)C)s2)c(F)c1. The molecule has 3 nitrogen and oxygen atoms in total. The third-order valence-corrected chi connectivity index (χ3v) is 3.44. The monoisotopic (exact) mass is 265 g/mol. The molecule has 0 amide bonds. The maximum atomic E-state index is 13.8. The van der Waals surface area contributed by atoms with E-state index in [1.807, 2.05) is 13.0 Å². The van der Waals surface area contributed by atoms with Gasteiger partial charge in [0.1, 0.15) is 10.8 Å². The molecule has 0 saturated carbocycles. The van der Waals surface area contributed by atoms with Crippen LogP contribution in [-0.2, 0) is 6.54 Å². The number of hydrogen-bond donors (Lipinski definition) is 1. The smallest absolute Gasteiger partial charge is 0.150 e. The van der Waals surface area contributed by atoms with Crippen molar-refractivity contribution in [1.29, 1.82) is 0 Å². The average Bonchev–Trinajstić information content (AvgIpc) is 2.75. The molecular formula is C13H16FN3S. The van der Waals surface area contributed by atoms with Gasteiger partial charge < -0.3 is 5.32 Å². The van der Waals surface area contributed by atoms with E-state index in [4.69, 9.17) is 0 Å². The third kappa shape index (κ3) is 3.11. The van der Waals surface area contributed by atoms with Crippen molar-refractivity contribution in [3.8, 4) is 10.6 Å². The molecular weight excluding hydrogens is 249 g/mol. The molecule has 2 aromatic rings. The Labute approximate surface area is 110 Å². The second-order valence-corrected chi connectivity index (χ2v) is 5.58. The number of benzene rings is 1. The van der Waals surface area contributed by atoms with Crippen LogP contribution in [0.3, 0.4) is 0 Å². The van der Waals surface area contributed by atoms with Gasteiger partial charge in [0, 0.05) is 18.2 Å². The first-order chi connectivity index (χ1) is 8.56. The van der Waals surface area contributed by atoms with Crippen LogP contribution in [0.2, 0.25) is 0 Å². The highest BCUT2D eigenvalue weighted by Crippen LogP contribution is 2.26. The molecule has 0 saturated heterocycles. The van der Waals surface area contributed by atoms with Crippen molar-refractivity contribution in [2.75, 3.05) is 0 Å². The van der Waals surface area contributed by atoms with Gasteiger partial charge in [-0.25, -0.2) is 4.39 Å². The zero-order valence-corrected chi connectivity index (χ0v) is 11.5. The highest BCUT2D eigenvalue weighted by atomic mass is 32.1.